The first-order valence-electron chi connectivity index (χ1n) is 6.39. The first-order chi connectivity index (χ1) is 9.02. The molecule has 6 nitrogen and oxygen atoms in total. The van der Waals surface area contributed by atoms with Gasteiger partial charge in [-0.1, -0.05) is 0 Å². The Hall–Kier alpha value is -1.85. The van der Waals surface area contributed by atoms with E-state index in [1.807, 2.05) is 13.8 Å². The second-order valence-corrected chi connectivity index (χ2v) is 4.23. The van der Waals surface area contributed by atoms with Crippen LogP contribution in [0.5, 0.6) is 0 Å². The van der Waals surface area contributed by atoms with Gasteiger partial charge in [-0.05, 0) is 33.8 Å². The molecular formula is C13H20N2O4. The highest BCUT2D eigenvalue weighted by atomic mass is 16.6. The van der Waals surface area contributed by atoms with Crippen LogP contribution in [0.25, 0.3) is 0 Å². The highest BCUT2D eigenvalue weighted by Crippen LogP contribution is 2.22. The molecule has 0 aliphatic rings. The van der Waals surface area contributed by atoms with Gasteiger partial charge in [0.05, 0.1) is 18.9 Å². The second kappa shape index (κ2) is 6.92. The third kappa shape index (κ3) is 3.56. The fraction of sp³-hybridized carbons (Fsp3) is 0.615. The highest BCUT2D eigenvalue weighted by Gasteiger charge is 2.34. The number of esters is 2. The molecule has 1 aromatic heterocycles. The number of nitrogens with zero attached hydrogens (tertiary/aromatic N) is 2. The predicted molar refractivity (Wildman–Crippen MR) is 68.6 cm³/mol. The molecule has 19 heavy (non-hydrogen) atoms. The summed E-state index contributed by atoms with van der Waals surface area (Å²) in [6.45, 7) is 7.66. The zero-order chi connectivity index (χ0) is 14.4. The largest absolute Gasteiger partial charge is 0.465 e. The molecule has 0 N–H and O–H groups in total. The van der Waals surface area contributed by atoms with Crippen molar-refractivity contribution in [1.82, 2.24) is 9.78 Å². The van der Waals surface area contributed by atoms with E-state index in [9.17, 15) is 9.59 Å². The van der Waals surface area contributed by atoms with Gasteiger partial charge in [-0.3, -0.25) is 14.3 Å². The van der Waals surface area contributed by atoms with Crippen LogP contribution in [-0.4, -0.2) is 34.9 Å². The average Bonchev–Trinajstić information content (AvgIpc) is 2.79. The molecule has 0 aliphatic heterocycles. The Morgan fingerprint density at radius 3 is 2.16 bits per heavy atom. The maximum absolute atomic E-state index is 12.0. The van der Waals surface area contributed by atoms with E-state index in [0.29, 0.717) is 5.69 Å². The van der Waals surface area contributed by atoms with E-state index in [0.717, 1.165) is 0 Å². The van der Waals surface area contributed by atoms with Crippen LogP contribution >= 0.6 is 0 Å². The molecule has 1 aromatic rings. The fourth-order valence-electron chi connectivity index (χ4n) is 1.77. The minimum absolute atomic E-state index is 0.0383. The molecule has 0 aliphatic carbocycles. The molecule has 0 amide bonds. The van der Waals surface area contributed by atoms with Crippen LogP contribution < -0.4 is 0 Å². The Bertz CT molecular complexity index is 422. The highest BCUT2D eigenvalue weighted by molar-refractivity contribution is 6.00. The molecule has 0 atom stereocenters. The summed E-state index contributed by atoms with van der Waals surface area (Å²) in [7, 11) is 0. The van der Waals surface area contributed by atoms with Crippen molar-refractivity contribution in [3.8, 4) is 0 Å². The van der Waals surface area contributed by atoms with Crippen LogP contribution in [0, 0.1) is 0 Å². The predicted octanol–water partition coefficient (Wildman–Crippen LogP) is 1.67. The molecule has 0 radical (unpaired) electrons. The van der Waals surface area contributed by atoms with Crippen LogP contribution in [0.15, 0.2) is 12.3 Å². The van der Waals surface area contributed by atoms with Gasteiger partial charge in [-0.25, -0.2) is 0 Å². The third-order valence-electron chi connectivity index (χ3n) is 2.53. The first kappa shape index (κ1) is 15.2. The lowest BCUT2D eigenvalue weighted by atomic mass is 10.1. The summed E-state index contributed by atoms with van der Waals surface area (Å²) in [5.41, 5.74) is 0.493. The molecule has 6 heteroatoms. The van der Waals surface area contributed by atoms with Crippen LogP contribution in [0.3, 0.4) is 0 Å². The number of rotatable bonds is 6. The number of carbonyl (C=O) groups is 2. The number of hydrogen-bond donors (Lipinski definition) is 0. The molecule has 0 unspecified atom stereocenters. The van der Waals surface area contributed by atoms with Crippen molar-refractivity contribution < 1.29 is 19.1 Å². The summed E-state index contributed by atoms with van der Waals surface area (Å²) in [6, 6.07) is 1.68. The van der Waals surface area contributed by atoms with E-state index in [-0.39, 0.29) is 19.3 Å². The Kier molecular flexibility index (Phi) is 5.54. The van der Waals surface area contributed by atoms with Crippen molar-refractivity contribution in [3.05, 3.63) is 18.0 Å². The van der Waals surface area contributed by atoms with Gasteiger partial charge in [0.25, 0.3) is 0 Å². The average molecular weight is 268 g/mol. The standard InChI is InChI=1S/C13H20N2O4/c1-5-18-12(16)11(13(17)19-6-2)10-7-8-14-15(10)9(3)4/h7-9,11H,5-6H2,1-4H3. The van der Waals surface area contributed by atoms with Crippen LogP contribution in [0.4, 0.5) is 0 Å². The monoisotopic (exact) mass is 268 g/mol. The lowest BCUT2D eigenvalue weighted by molar-refractivity contribution is -0.157. The summed E-state index contributed by atoms with van der Waals surface area (Å²) in [5, 5.41) is 4.12. The summed E-state index contributed by atoms with van der Waals surface area (Å²) in [6.07, 6.45) is 1.56. The van der Waals surface area contributed by atoms with Crippen molar-refractivity contribution in [3.63, 3.8) is 0 Å². The second-order valence-electron chi connectivity index (χ2n) is 4.23. The molecule has 0 bridgehead atoms. The van der Waals surface area contributed by atoms with Crippen molar-refractivity contribution >= 4 is 11.9 Å². The lowest BCUT2D eigenvalue weighted by Gasteiger charge is -2.17. The van der Waals surface area contributed by atoms with Gasteiger partial charge in [0.1, 0.15) is 0 Å². The zero-order valence-corrected chi connectivity index (χ0v) is 11.8. The van der Waals surface area contributed by atoms with Crippen LogP contribution in [0.1, 0.15) is 45.3 Å². The maximum atomic E-state index is 12.0. The lowest BCUT2D eigenvalue weighted by Crippen LogP contribution is -2.29. The molecule has 106 valence electrons. The molecule has 0 saturated heterocycles. The van der Waals surface area contributed by atoms with Gasteiger partial charge >= 0.3 is 11.9 Å². The van der Waals surface area contributed by atoms with Gasteiger partial charge in [0, 0.05) is 12.2 Å². The fourth-order valence-corrected chi connectivity index (χ4v) is 1.77. The molecule has 0 saturated carbocycles. The van der Waals surface area contributed by atoms with E-state index in [1.54, 1.807) is 30.8 Å². The van der Waals surface area contributed by atoms with E-state index < -0.39 is 17.9 Å². The van der Waals surface area contributed by atoms with Gasteiger partial charge in [-0.2, -0.15) is 5.10 Å². The smallest absolute Gasteiger partial charge is 0.326 e. The first-order valence-corrected chi connectivity index (χ1v) is 6.39. The molecule has 0 spiro atoms. The SMILES string of the molecule is CCOC(=O)C(C(=O)OCC)c1ccnn1C(C)C. The van der Waals surface area contributed by atoms with Crippen LogP contribution in [-0.2, 0) is 19.1 Å². The summed E-state index contributed by atoms with van der Waals surface area (Å²) < 4.78 is 11.5. The number of carbonyl (C=O) groups excluding carboxylic acids is 2. The normalized spacial score (nSPS) is 10.8. The van der Waals surface area contributed by atoms with Crippen molar-refractivity contribution in [2.24, 2.45) is 0 Å². The molecule has 0 fully saturated rings. The van der Waals surface area contributed by atoms with Crippen molar-refractivity contribution in [1.29, 1.82) is 0 Å². The van der Waals surface area contributed by atoms with Crippen LogP contribution in [0.2, 0.25) is 0 Å². The Morgan fingerprint density at radius 1 is 1.21 bits per heavy atom. The molecular weight excluding hydrogens is 248 g/mol. The van der Waals surface area contributed by atoms with E-state index in [2.05, 4.69) is 5.10 Å². The minimum Gasteiger partial charge on any atom is -0.465 e. The topological polar surface area (TPSA) is 70.4 Å². The van der Waals surface area contributed by atoms with Crippen molar-refractivity contribution in [2.45, 2.75) is 39.7 Å². The van der Waals surface area contributed by atoms with Gasteiger partial charge in [0.15, 0.2) is 5.92 Å². The molecule has 1 heterocycles. The Labute approximate surface area is 112 Å². The minimum atomic E-state index is -1.08. The van der Waals surface area contributed by atoms with E-state index in [1.165, 1.54) is 0 Å². The van der Waals surface area contributed by atoms with Gasteiger partial charge in [0.2, 0.25) is 0 Å². The molecule has 0 aromatic carbocycles. The third-order valence-corrected chi connectivity index (χ3v) is 2.53. The zero-order valence-electron chi connectivity index (χ0n) is 11.8. The van der Waals surface area contributed by atoms with E-state index in [4.69, 9.17) is 9.47 Å². The number of aromatic nitrogens is 2. The van der Waals surface area contributed by atoms with E-state index >= 15 is 0 Å². The Balaban J connectivity index is 3.11. The quantitative estimate of drug-likeness (QED) is 0.580. The number of ether oxygens (including phenoxy) is 2. The molecule has 1 rings (SSSR count). The maximum Gasteiger partial charge on any atom is 0.326 e. The van der Waals surface area contributed by atoms with Gasteiger partial charge < -0.3 is 9.47 Å². The number of hydrogen-bond acceptors (Lipinski definition) is 5. The summed E-state index contributed by atoms with van der Waals surface area (Å²) >= 11 is 0. The van der Waals surface area contributed by atoms with Crippen molar-refractivity contribution in [2.75, 3.05) is 13.2 Å². The summed E-state index contributed by atoms with van der Waals surface area (Å²) in [5.74, 6) is -2.29. The van der Waals surface area contributed by atoms with Gasteiger partial charge in [-0.15, -0.1) is 0 Å². The Morgan fingerprint density at radius 2 is 1.74 bits per heavy atom. The summed E-state index contributed by atoms with van der Waals surface area (Å²) in [4.78, 5) is 23.9.